The highest BCUT2D eigenvalue weighted by Gasteiger charge is 2.23. The van der Waals surface area contributed by atoms with Crippen molar-refractivity contribution in [2.75, 3.05) is 40.3 Å². The minimum atomic E-state index is -0.0153. The molecule has 1 aliphatic rings. The first-order chi connectivity index (χ1) is 18.0. The molecule has 4 aromatic rings. The van der Waals surface area contributed by atoms with E-state index in [1.54, 1.807) is 19.0 Å². The summed E-state index contributed by atoms with van der Waals surface area (Å²) in [6.07, 6.45) is 2.65. The maximum atomic E-state index is 12.5. The fourth-order valence-corrected chi connectivity index (χ4v) is 5.16. The number of rotatable bonds is 8. The molecular weight excluding hydrogens is 464 g/mol. The highest BCUT2D eigenvalue weighted by Crippen LogP contribution is 2.25. The summed E-state index contributed by atoms with van der Waals surface area (Å²) in [7, 11) is 3.52. The largest absolute Gasteiger partial charge is 0.492 e. The minimum absolute atomic E-state index is 0.00725. The number of fused-ring (bicyclic) bond motifs is 1. The van der Waals surface area contributed by atoms with Gasteiger partial charge in [0.05, 0.1) is 11.0 Å². The summed E-state index contributed by atoms with van der Waals surface area (Å²) in [6, 6.07) is 24.1. The van der Waals surface area contributed by atoms with Gasteiger partial charge in [0.2, 0.25) is 0 Å². The third kappa shape index (κ3) is 5.62. The van der Waals surface area contributed by atoms with Crippen LogP contribution in [0.3, 0.4) is 0 Å². The Kier molecular flexibility index (Phi) is 7.42. The quantitative estimate of drug-likeness (QED) is 0.392. The summed E-state index contributed by atoms with van der Waals surface area (Å²) in [5.74, 6) is 0.906. The zero-order valence-electron chi connectivity index (χ0n) is 21.5. The lowest BCUT2D eigenvalue weighted by Crippen LogP contribution is -2.38. The molecule has 192 valence electrons. The number of piperidine rings is 1. The van der Waals surface area contributed by atoms with E-state index in [2.05, 4.69) is 16.0 Å². The van der Waals surface area contributed by atoms with Crippen molar-refractivity contribution in [2.24, 2.45) is 0 Å². The smallest absolute Gasteiger partial charge is 0.326 e. The second kappa shape index (κ2) is 11.0. The molecule has 2 heterocycles. The van der Waals surface area contributed by atoms with Gasteiger partial charge in [0.1, 0.15) is 12.4 Å². The van der Waals surface area contributed by atoms with Gasteiger partial charge >= 0.3 is 5.69 Å². The van der Waals surface area contributed by atoms with Crippen LogP contribution in [0.2, 0.25) is 0 Å². The SMILES string of the molecule is CN(C)C(=O)c1ccc(Cc2ccccc2OCCN2CCC(n3c(=O)[nH]c4ccccc43)CC2)cc1. The van der Waals surface area contributed by atoms with E-state index in [9.17, 15) is 9.59 Å². The van der Waals surface area contributed by atoms with E-state index in [1.807, 2.05) is 71.3 Å². The van der Waals surface area contributed by atoms with Gasteiger partial charge in [-0.25, -0.2) is 4.79 Å². The molecule has 0 saturated carbocycles. The van der Waals surface area contributed by atoms with E-state index in [4.69, 9.17) is 4.74 Å². The second-order valence-electron chi connectivity index (χ2n) is 9.92. The Bertz CT molecular complexity index is 1410. The molecule has 5 rings (SSSR count). The molecule has 1 saturated heterocycles. The topological polar surface area (TPSA) is 70.6 Å². The van der Waals surface area contributed by atoms with Gasteiger partial charge in [0.15, 0.2) is 0 Å². The Morgan fingerprint density at radius 1 is 0.973 bits per heavy atom. The van der Waals surface area contributed by atoms with Gasteiger partial charge in [-0.1, -0.05) is 42.5 Å². The van der Waals surface area contributed by atoms with Gasteiger partial charge in [-0.3, -0.25) is 14.3 Å². The Balaban J connectivity index is 1.14. The monoisotopic (exact) mass is 498 g/mol. The number of hydrogen-bond acceptors (Lipinski definition) is 4. The van der Waals surface area contributed by atoms with Crippen LogP contribution in [0.1, 0.15) is 40.4 Å². The van der Waals surface area contributed by atoms with Gasteiger partial charge in [0.25, 0.3) is 5.91 Å². The first-order valence-corrected chi connectivity index (χ1v) is 12.9. The number of aromatic nitrogens is 2. The van der Waals surface area contributed by atoms with E-state index in [0.29, 0.717) is 12.2 Å². The summed E-state index contributed by atoms with van der Waals surface area (Å²) in [5.41, 5.74) is 4.84. The number of amides is 1. The van der Waals surface area contributed by atoms with Crippen LogP contribution in [0.4, 0.5) is 0 Å². The molecule has 1 fully saturated rings. The molecule has 0 aliphatic carbocycles. The molecule has 7 heteroatoms. The first-order valence-electron chi connectivity index (χ1n) is 12.9. The van der Waals surface area contributed by atoms with Crippen molar-refractivity contribution in [3.63, 3.8) is 0 Å². The lowest BCUT2D eigenvalue weighted by molar-refractivity contribution is 0.0827. The van der Waals surface area contributed by atoms with Crippen molar-refractivity contribution < 1.29 is 9.53 Å². The van der Waals surface area contributed by atoms with Crippen molar-refractivity contribution in [1.82, 2.24) is 19.4 Å². The second-order valence-corrected chi connectivity index (χ2v) is 9.92. The third-order valence-corrected chi connectivity index (χ3v) is 7.19. The Morgan fingerprint density at radius 3 is 2.43 bits per heavy atom. The lowest BCUT2D eigenvalue weighted by atomic mass is 10.0. The van der Waals surface area contributed by atoms with Crippen molar-refractivity contribution in [3.05, 3.63) is 100.0 Å². The van der Waals surface area contributed by atoms with Crippen LogP contribution >= 0.6 is 0 Å². The summed E-state index contributed by atoms with van der Waals surface area (Å²) < 4.78 is 8.15. The highest BCUT2D eigenvalue weighted by atomic mass is 16.5. The van der Waals surface area contributed by atoms with Crippen molar-refractivity contribution >= 4 is 16.9 Å². The van der Waals surface area contributed by atoms with Crippen LogP contribution in [-0.2, 0) is 6.42 Å². The van der Waals surface area contributed by atoms with Crippen molar-refractivity contribution in [3.8, 4) is 5.75 Å². The minimum Gasteiger partial charge on any atom is -0.492 e. The standard InChI is InChI=1S/C30H34N4O3/c1-32(2)29(35)23-13-11-22(12-14-23)21-24-7-3-6-10-28(24)37-20-19-33-17-15-25(16-18-33)34-27-9-5-4-8-26(27)31-30(34)36/h3-14,25H,15-21H2,1-2H3,(H,31,36). The zero-order valence-corrected chi connectivity index (χ0v) is 21.5. The lowest BCUT2D eigenvalue weighted by Gasteiger charge is -2.32. The summed E-state index contributed by atoms with van der Waals surface area (Å²) in [5, 5.41) is 0. The van der Waals surface area contributed by atoms with Gasteiger partial charge in [-0.2, -0.15) is 0 Å². The number of carbonyl (C=O) groups is 1. The van der Waals surface area contributed by atoms with Crippen LogP contribution in [0.5, 0.6) is 5.75 Å². The van der Waals surface area contributed by atoms with Gasteiger partial charge < -0.3 is 14.6 Å². The van der Waals surface area contributed by atoms with E-state index in [-0.39, 0.29) is 17.6 Å². The van der Waals surface area contributed by atoms with Crippen LogP contribution in [0.25, 0.3) is 11.0 Å². The molecular formula is C30H34N4O3. The van der Waals surface area contributed by atoms with E-state index in [0.717, 1.165) is 66.8 Å². The zero-order chi connectivity index (χ0) is 25.8. The predicted octanol–water partition coefficient (Wildman–Crippen LogP) is 4.34. The molecule has 0 radical (unpaired) electrons. The number of nitrogens with one attached hydrogen (secondary N) is 1. The summed E-state index contributed by atoms with van der Waals surface area (Å²) in [4.78, 5) is 31.7. The molecule has 1 aliphatic heterocycles. The number of ether oxygens (including phenoxy) is 1. The Morgan fingerprint density at radius 2 is 1.68 bits per heavy atom. The van der Waals surface area contributed by atoms with Gasteiger partial charge in [0, 0.05) is 51.8 Å². The molecule has 0 spiro atoms. The predicted molar refractivity (Wildman–Crippen MR) is 146 cm³/mol. The molecule has 1 amide bonds. The highest BCUT2D eigenvalue weighted by molar-refractivity contribution is 5.93. The average Bonchev–Trinajstić information content (AvgIpc) is 3.25. The van der Waals surface area contributed by atoms with E-state index < -0.39 is 0 Å². The summed E-state index contributed by atoms with van der Waals surface area (Å²) >= 11 is 0. The molecule has 3 aromatic carbocycles. The number of hydrogen-bond donors (Lipinski definition) is 1. The molecule has 7 nitrogen and oxygen atoms in total. The molecule has 0 unspecified atom stereocenters. The Hall–Kier alpha value is -3.84. The third-order valence-electron chi connectivity index (χ3n) is 7.19. The fraction of sp³-hybridized carbons (Fsp3) is 0.333. The summed E-state index contributed by atoms with van der Waals surface area (Å²) in [6.45, 7) is 3.36. The molecule has 37 heavy (non-hydrogen) atoms. The molecule has 0 atom stereocenters. The van der Waals surface area contributed by atoms with Crippen molar-refractivity contribution in [1.29, 1.82) is 0 Å². The number of para-hydroxylation sites is 3. The van der Waals surface area contributed by atoms with Crippen LogP contribution in [0.15, 0.2) is 77.6 Å². The Labute approximate surface area is 217 Å². The number of carbonyl (C=O) groups excluding carboxylic acids is 1. The maximum absolute atomic E-state index is 12.5. The van der Waals surface area contributed by atoms with Gasteiger partial charge in [-0.05, 0) is 54.3 Å². The van der Waals surface area contributed by atoms with Crippen LogP contribution in [0, 0.1) is 0 Å². The first kappa shape index (κ1) is 24.8. The van der Waals surface area contributed by atoms with Crippen LogP contribution < -0.4 is 10.4 Å². The molecule has 1 N–H and O–H groups in total. The number of H-pyrrole nitrogens is 1. The molecule has 1 aromatic heterocycles. The van der Waals surface area contributed by atoms with E-state index >= 15 is 0 Å². The van der Waals surface area contributed by atoms with Crippen molar-refractivity contribution in [2.45, 2.75) is 25.3 Å². The number of nitrogens with zero attached hydrogens (tertiary/aromatic N) is 3. The van der Waals surface area contributed by atoms with E-state index in [1.165, 1.54) is 0 Å². The molecule has 0 bridgehead atoms. The average molecular weight is 499 g/mol. The number of likely N-dealkylation sites (tertiary alicyclic amines) is 1. The number of aromatic amines is 1. The number of imidazole rings is 1. The normalized spacial score (nSPS) is 14.6. The van der Waals surface area contributed by atoms with Gasteiger partial charge in [-0.15, -0.1) is 0 Å². The fourth-order valence-electron chi connectivity index (χ4n) is 5.16. The van der Waals surface area contributed by atoms with Crippen LogP contribution in [-0.4, -0.2) is 65.6 Å². The maximum Gasteiger partial charge on any atom is 0.326 e. The number of benzene rings is 3.